The van der Waals surface area contributed by atoms with Gasteiger partial charge in [0.25, 0.3) is 0 Å². The molecule has 1 aromatic carbocycles. The molecule has 1 N–H and O–H groups in total. The van der Waals surface area contributed by atoms with Gasteiger partial charge in [0.05, 0.1) is 5.56 Å². The van der Waals surface area contributed by atoms with Crippen LogP contribution in [0, 0.1) is 0 Å². The number of hydrogen-bond donors (Lipinski definition) is 1. The van der Waals surface area contributed by atoms with Crippen LogP contribution in [0.1, 0.15) is 10.4 Å². The zero-order valence-electron chi connectivity index (χ0n) is 4.74. The van der Waals surface area contributed by atoms with Gasteiger partial charge in [-0.15, -0.1) is 0 Å². The van der Waals surface area contributed by atoms with Crippen LogP contribution < -0.4 is 0 Å². The number of hydrogen-bond acceptors (Lipinski definition) is 1. The van der Waals surface area contributed by atoms with Gasteiger partial charge in [-0.1, -0.05) is 18.2 Å². The van der Waals surface area contributed by atoms with Gasteiger partial charge >= 0.3 is 31.8 Å². The molecule has 0 aliphatic heterocycles. The Kier molecular flexibility index (Phi) is 4.19. The van der Waals surface area contributed by atoms with Gasteiger partial charge in [-0.25, -0.2) is 4.79 Å². The Balaban J connectivity index is 0.000000810. The van der Waals surface area contributed by atoms with E-state index >= 15 is 0 Å². The second-order valence-corrected chi connectivity index (χ2v) is 1.67. The normalized spacial score (nSPS) is 8.00. The van der Waals surface area contributed by atoms with E-state index in [1.807, 2.05) is 0 Å². The maximum absolute atomic E-state index is 10.2. The van der Waals surface area contributed by atoms with Crippen LogP contribution in [0.2, 0.25) is 0 Å². The van der Waals surface area contributed by atoms with Crippen molar-refractivity contribution in [2.75, 3.05) is 0 Å². The summed E-state index contributed by atoms with van der Waals surface area (Å²) in [6.45, 7) is 0. The Morgan fingerprint density at radius 3 is 2.00 bits per heavy atom. The van der Waals surface area contributed by atoms with Crippen molar-refractivity contribution in [1.29, 1.82) is 0 Å². The standard InChI is InChI=1S/C7H6O2.In.3H/c8-7(9)6-4-2-1-3-5-6;;;;/h1-5H,(H,8,9);;;;. The number of carboxylic acid groups (broad SMARTS) is 1. The third-order valence-electron chi connectivity index (χ3n) is 1.02. The van der Waals surface area contributed by atoms with E-state index in [9.17, 15) is 4.79 Å². The van der Waals surface area contributed by atoms with Crippen molar-refractivity contribution in [1.82, 2.24) is 0 Å². The van der Waals surface area contributed by atoms with E-state index in [-0.39, 0.29) is 25.8 Å². The topological polar surface area (TPSA) is 37.3 Å². The number of carbonyl (C=O) groups is 1. The average molecular weight is 240 g/mol. The van der Waals surface area contributed by atoms with Crippen LogP contribution in [-0.4, -0.2) is 36.9 Å². The predicted octanol–water partition coefficient (Wildman–Crippen LogP) is 0.201. The molecule has 0 aliphatic carbocycles. The van der Waals surface area contributed by atoms with E-state index in [1.54, 1.807) is 30.3 Å². The van der Waals surface area contributed by atoms with Gasteiger partial charge in [-0.2, -0.15) is 0 Å². The van der Waals surface area contributed by atoms with E-state index < -0.39 is 5.97 Å². The Morgan fingerprint density at radius 1 is 1.20 bits per heavy atom. The summed E-state index contributed by atoms with van der Waals surface area (Å²) in [5.74, 6) is -0.879. The van der Waals surface area contributed by atoms with Crippen molar-refractivity contribution < 1.29 is 9.90 Å². The quantitative estimate of drug-likeness (QED) is 0.761. The molecule has 0 heterocycles. The van der Waals surface area contributed by atoms with Gasteiger partial charge in [0, 0.05) is 0 Å². The molecule has 0 aliphatic rings. The molecule has 3 heteroatoms. The summed E-state index contributed by atoms with van der Waals surface area (Å²) in [7, 11) is 0. The summed E-state index contributed by atoms with van der Waals surface area (Å²) in [5.41, 5.74) is 0.331. The summed E-state index contributed by atoms with van der Waals surface area (Å²) < 4.78 is 0. The number of carboxylic acids is 1. The second kappa shape index (κ2) is 4.39. The number of rotatable bonds is 1. The molecule has 1 rings (SSSR count). The van der Waals surface area contributed by atoms with Gasteiger partial charge in [0.1, 0.15) is 0 Å². The van der Waals surface area contributed by atoms with E-state index in [1.165, 1.54) is 0 Å². The van der Waals surface area contributed by atoms with E-state index in [4.69, 9.17) is 5.11 Å². The predicted molar refractivity (Wildman–Crippen MR) is 43.3 cm³/mol. The first-order valence-electron chi connectivity index (χ1n) is 2.59. The second-order valence-electron chi connectivity index (χ2n) is 1.67. The Morgan fingerprint density at radius 2 is 1.70 bits per heavy atom. The van der Waals surface area contributed by atoms with Gasteiger partial charge < -0.3 is 5.11 Å². The maximum atomic E-state index is 10.2. The molecule has 0 bridgehead atoms. The minimum absolute atomic E-state index is 0. The SMILES string of the molecule is O=C(O)c1ccccc1.[InH3]. The van der Waals surface area contributed by atoms with Crippen LogP contribution in [0.3, 0.4) is 0 Å². The van der Waals surface area contributed by atoms with E-state index in [0.29, 0.717) is 5.56 Å². The summed E-state index contributed by atoms with van der Waals surface area (Å²) in [6, 6.07) is 8.30. The first kappa shape index (κ1) is 9.56. The summed E-state index contributed by atoms with van der Waals surface area (Å²) in [5, 5.41) is 8.38. The molecule has 0 saturated carbocycles. The molecule has 0 atom stereocenters. The van der Waals surface area contributed by atoms with Gasteiger partial charge in [-0.3, -0.25) is 0 Å². The summed E-state index contributed by atoms with van der Waals surface area (Å²) >= 11 is 0. The first-order chi connectivity index (χ1) is 4.30. The molecule has 0 unspecified atom stereocenters. The number of benzene rings is 1. The molecule has 0 spiro atoms. The van der Waals surface area contributed by atoms with Crippen molar-refractivity contribution in [3.8, 4) is 0 Å². The summed E-state index contributed by atoms with van der Waals surface area (Å²) in [4.78, 5) is 10.2. The average Bonchev–Trinajstić information content (AvgIpc) is 1.90. The monoisotopic (exact) mass is 240 g/mol. The Bertz CT molecular complexity index is 208. The molecule has 2 nitrogen and oxygen atoms in total. The van der Waals surface area contributed by atoms with Crippen LogP contribution in [0.25, 0.3) is 0 Å². The third kappa shape index (κ3) is 2.43. The van der Waals surface area contributed by atoms with Crippen molar-refractivity contribution in [2.24, 2.45) is 0 Å². The van der Waals surface area contributed by atoms with E-state index in [2.05, 4.69) is 0 Å². The molecular weight excluding hydrogens is 231 g/mol. The van der Waals surface area contributed by atoms with Crippen LogP contribution in [0.5, 0.6) is 0 Å². The first-order valence-corrected chi connectivity index (χ1v) is 2.59. The van der Waals surface area contributed by atoms with Crippen molar-refractivity contribution in [3.05, 3.63) is 35.9 Å². The Hall–Kier alpha value is -0.440. The zero-order valence-corrected chi connectivity index (χ0v) is 4.74. The minimum atomic E-state index is -0.879. The molecule has 0 amide bonds. The van der Waals surface area contributed by atoms with Crippen molar-refractivity contribution >= 4 is 31.8 Å². The molecule has 52 valence electrons. The third-order valence-corrected chi connectivity index (χ3v) is 1.02. The van der Waals surface area contributed by atoms with E-state index in [0.717, 1.165) is 0 Å². The van der Waals surface area contributed by atoms with Crippen molar-refractivity contribution in [3.63, 3.8) is 0 Å². The molecule has 0 fully saturated rings. The number of aromatic carboxylic acids is 1. The molecule has 0 saturated heterocycles. The molecule has 0 radical (unpaired) electrons. The van der Waals surface area contributed by atoms with Crippen LogP contribution in [0.15, 0.2) is 30.3 Å². The van der Waals surface area contributed by atoms with Crippen LogP contribution in [0.4, 0.5) is 0 Å². The van der Waals surface area contributed by atoms with Gasteiger partial charge in [0.2, 0.25) is 0 Å². The van der Waals surface area contributed by atoms with Crippen molar-refractivity contribution in [2.45, 2.75) is 0 Å². The summed E-state index contributed by atoms with van der Waals surface area (Å²) in [6.07, 6.45) is 0. The van der Waals surface area contributed by atoms with Crippen LogP contribution in [-0.2, 0) is 0 Å². The molecule has 10 heavy (non-hydrogen) atoms. The van der Waals surface area contributed by atoms with Gasteiger partial charge in [0.15, 0.2) is 0 Å². The van der Waals surface area contributed by atoms with Gasteiger partial charge in [-0.05, 0) is 12.1 Å². The fraction of sp³-hybridized carbons (Fsp3) is 0. The fourth-order valence-electron chi connectivity index (χ4n) is 0.581. The van der Waals surface area contributed by atoms with Crippen LogP contribution >= 0.6 is 0 Å². The molecule has 1 aromatic rings. The molecule has 0 aromatic heterocycles. The fourth-order valence-corrected chi connectivity index (χ4v) is 0.581. The molecular formula is C7H9InO2. The Labute approximate surface area is 77.7 Å². The zero-order chi connectivity index (χ0) is 6.69.